The van der Waals surface area contributed by atoms with Crippen LogP contribution in [0.2, 0.25) is 0 Å². The lowest BCUT2D eigenvalue weighted by Gasteiger charge is -2.32. The number of furan rings is 1. The molecule has 0 saturated carbocycles. The zero-order chi connectivity index (χ0) is 30.2. The van der Waals surface area contributed by atoms with Gasteiger partial charge in [-0.15, -0.1) is 0 Å². The van der Waals surface area contributed by atoms with Gasteiger partial charge in [0.2, 0.25) is 5.95 Å². The molecule has 0 saturated heterocycles. The van der Waals surface area contributed by atoms with E-state index in [1.807, 2.05) is 18.2 Å². The molecule has 0 radical (unpaired) electrons. The summed E-state index contributed by atoms with van der Waals surface area (Å²) >= 11 is 0. The number of nitrogens with zero attached hydrogens (tertiary/aromatic N) is 3. The van der Waals surface area contributed by atoms with E-state index in [-0.39, 0.29) is 0 Å². The van der Waals surface area contributed by atoms with Crippen LogP contribution in [0, 0.1) is 0 Å². The van der Waals surface area contributed by atoms with E-state index in [9.17, 15) is 0 Å². The fourth-order valence-electron chi connectivity index (χ4n) is 7.21. The highest BCUT2D eigenvalue weighted by Gasteiger charge is 2.29. The van der Waals surface area contributed by atoms with Crippen LogP contribution in [0.4, 0.5) is 17.3 Å². The predicted molar refractivity (Wildman–Crippen MR) is 189 cm³/mol. The van der Waals surface area contributed by atoms with Gasteiger partial charge in [0.25, 0.3) is 0 Å². The Morgan fingerprint density at radius 3 is 1.98 bits per heavy atom. The van der Waals surface area contributed by atoms with Crippen molar-refractivity contribution in [2.24, 2.45) is 0 Å². The Morgan fingerprint density at radius 1 is 0.457 bits per heavy atom. The van der Waals surface area contributed by atoms with Crippen LogP contribution in [0.5, 0.6) is 0 Å². The summed E-state index contributed by atoms with van der Waals surface area (Å²) in [6.45, 7) is 0. The van der Waals surface area contributed by atoms with E-state index in [1.54, 1.807) is 0 Å². The first-order valence-electron chi connectivity index (χ1n) is 15.5. The maximum Gasteiger partial charge on any atom is 0.236 e. The van der Waals surface area contributed by atoms with Crippen molar-refractivity contribution >= 4 is 60.9 Å². The first-order chi connectivity index (χ1) is 22.8. The number of anilines is 3. The van der Waals surface area contributed by atoms with E-state index < -0.39 is 0 Å². The smallest absolute Gasteiger partial charge is 0.236 e. The quantitative estimate of drug-likeness (QED) is 0.206. The molecule has 0 unspecified atom stereocenters. The predicted octanol–water partition coefficient (Wildman–Crippen LogP) is 11.5. The summed E-state index contributed by atoms with van der Waals surface area (Å²) in [4.78, 5) is 12.9. The van der Waals surface area contributed by atoms with Crippen LogP contribution in [-0.2, 0) is 0 Å². The zero-order valence-electron chi connectivity index (χ0n) is 24.7. The Balaban J connectivity index is 1.31. The molecule has 4 nitrogen and oxygen atoms in total. The minimum atomic E-state index is 0.611. The lowest BCUT2D eigenvalue weighted by atomic mass is 9.91. The van der Waals surface area contributed by atoms with Crippen molar-refractivity contribution in [2.75, 3.05) is 4.90 Å². The molecule has 0 aliphatic carbocycles. The molecule has 10 rings (SSSR count). The average Bonchev–Trinajstić information content (AvgIpc) is 3.50. The lowest BCUT2D eigenvalue weighted by Crippen LogP contribution is -2.17. The minimum absolute atomic E-state index is 0.611. The molecule has 4 heteroatoms. The first-order valence-corrected chi connectivity index (χ1v) is 15.5. The first kappa shape index (κ1) is 25.1. The molecule has 0 atom stereocenters. The molecule has 7 aromatic carbocycles. The van der Waals surface area contributed by atoms with E-state index in [1.165, 1.54) is 27.5 Å². The number of aromatic nitrogens is 2. The van der Waals surface area contributed by atoms with E-state index in [2.05, 4.69) is 138 Å². The van der Waals surface area contributed by atoms with Gasteiger partial charge < -0.3 is 4.42 Å². The standard InChI is InChI=1S/C42H25N3O/c1-2-12-26(13-3-1)28-24-25-33(30-17-5-4-16-29(28)30)39-41-40(34-19-7-9-23-37(34)46-41)44-42(43-39)45-35-21-8-6-18-31(35)32-20-10-14-27-15-11-22-36(45)38(27)32/h1-25H. The largest absolute Gasteiger partial charge is 0.452 e. The minimum Gasteiger partial charge on any atom is -0.452 e. The molecule has 0 amide bonds. The van der Waals surface area contributed by atoms with E-state index >= 15 is 0 Å². The number of para-hydroxylation sites is 2. The van der Waals surface area contributed by atoms with Gasteiger partial charge in [-0.2, -0.15) is 0 Å². The third kappa shape index (κ3) is 3.55. The Kier molecular flexibility index (Phi) is 5.25. The summed E-state index contributed by atoms with van der Waals surface area (Å²) in [7, 11) is 0. The number of hydrogen-bond donors (Lipinski definition) is 0. The Labute approximate surface area is 264 Å². The van der Waals surface area contributed by atoms with Gasteiger partial charge >= 0.3 is 0 Å². The maximum absolute atomic E-state index is 6.58. The van der Waals surface area contributed by atoms with E-state index in [4.69, 9.17) is 14.4 Å². The molecule has 214 valence electrons. The molecule has 0 N–H and O–H groups in total. The molecule has 2 aromatic heterocycles. The summed E-state index contributed by atoms with van der Waals surface area (Å²) in [6, 6.07) is 53.1. The molecule has 3 heterocycles. The second-order valence-corrected chi connectivity index (χ2v) is 11.8. The average molecular weight is 588 g/mol. The van der Waals surface area contributed by atoms with Crippen LogP contribution in [0.1, 0.15) is 0 Å². The monoisotopic (exact) mass is 587 g/mol. The second-order valence-electron chi connectivity index (χ2n) is 11.8. The molecule has 1 aliphatic rings. The van der Waals surface area contributed by atoms with Crippen LogP contribution < -0.4 is 4.90 Å². The van der Waals surface area contributed by atoms with Crippen molar-refractivity contribution in [3.05, 3.63) is 152 Å². The highest BCUT2D eigenvalue weighted by molar-refractivity contribution is 6.15. The van der Waals surface area contributed by atoms with Gasteiger partial charge in [0.1, 0.15) is 16.8 Å². The van der Waals surface area contributed by atoms with Crippen molar-refractivity contribution in [1.82, 2.24) is 9.97 Å². The SMILES string of the molecule is c1ccc(-c2ccc(-c3nc(N4c5ccccc5-c5cccc6cccc4c56)nc4c3oc3ccccc34)c3ccccc23)cc1. The van der Waals surface area contributed by atoms with Gasteiger partial charge in [-0.05, 0) is 57.1 Å². The van der Waals surface area contributed by atoms with Crippen LogP contribution >= 0.6 is 0 Å². The van der Waals surface area contributed by atoms with Crippen LogP contribution in [0.25, 0.3) is 77.1 Å². The summed E-state index contributed by atoms with van der Waals surface area (Å²) in [5, 5.41) is 5.63. The van der Waals surface area contributed by atoms with Gasteiger partial charge in [-0.1, -0.05) is 127 Å². The van der Waals surface area contributed by atoms with Crippen molar-refractivity contribution in [3.63, 3.8) is 0 Å². The number of rotatable bonds is 3. The molecular weight excluding hydrogens is 562 g/mol. The van der Waals surface area contributed by atoms with Crippen molar-refractivity contribution in [2.45, 2.75) is 0 Å². The van der Waals surface area contributed by atoms with E-state index in [0.717, 1.165) is 55.5 Å². The highest BCUT2D eigenvalue weighted by Crippen LogP contribution is 2.51. The van der Waals surface area contributed by atoms with Gasteiger partial charge in [0, 0.05) is 21.9 Å². The number of benzene rings is 7. The summed E-state index contributed by atoms with van der Waals surface area (Å²) in [6.07, 6.45) is 0. The van der Waals surface area contributed by atoms with Gasteiger partial charge in [-0.3, -0.25) is 4.90 Å². The molecule has 46 heavy (non-hydrogen) atoms. The van der Waals surface area contributed by atoms with Crippen LogP contribution in [0.3, 0.4) is 0 Å². The van der Waals surface area contributed by atoms with Gasteiger partial charge in [0.05, 0.1) is 11.4 Å². The van der Waals surface area contributed by atoms with Gasteiger partial charge in [0.15, 0.2) is 5.58 Å². The third-order valence-electron chi connectivity index (χ3n) is 9.23. The molecule has 0 bridgehead atoms. The normalized spacial score (nSPS) is 12.3. The molecular formula is C42H25N3O. The third-order valence-corrected chi connectivity index (χ3v) is 9.23. The summed E-state index contributed by atoms with van der Waals surface area (Å²) in [5.74, 6) is 0.611. The molecule has 0 spiro atoms. The number of hydrogen-bond acceptors (Lipinski definition) is 4. The Bertz CT molecular complexity index is 2650. The Morgan fingerprint density at radius 2 is 1.11 bits per heavy atom. The molecule has 0 fully saturated rings. The zero-order valence-corrected chi connectivity index (χ0v) is 24.7. The van der Waals surface area contributed by atoms with Crippen molar-refractivity contribution in [1.29, 1.82) is 0 Å². The molecule has 1 aliphatic heterocycles. The Hall–Kier alpha value is -6.26. The fraction of sp³-hybridized carbons (Fsp3) is 0. The second kappa shape index (κ2) is 9.62. The highest BCUT2D eigenvalue weighted by atomic mass is 16.3. The van der Waals surface area contributed by atoms with Crippen molar-refractivity contribution < 1.29 is 4.42 Å². The molecule has 9 aromatic rings. The van der Waals surface area contributed by atoms with Gasteiger partial charge in [-0.25, -0.2) is 9.97 Å². The summed E-state index contributed by atoms with van der Waals surface area (Å²) < 4.78 is 6.58. The maximum atomic E-state index is 6.58. The van der Waals surface area contributed by atoms with Crippen LogP contribution in [0.15, 0.2) is 156 Å². The van der Waals surface area contributed by atoms with Crippen LogP contribution in [-0.4, -0.2) is 9.97 Å². The topological polar surface area (TPSA) is 42.2 Å². The van der Waals surface area contributed by atoms with E-state index in [0.29, 0.717) is 11.5 Å². The summed E-state index contributed by atoms with van der Waals surface area (Å²) in [5.41, 5.74) is 10.9. The fourth-order valence-corrected chi connectivity index (χ4v) is 7.21. The lowest BCUT2D eigenvalue weighted by molar-refractivity contribution is 0.667. The number of fused-ring (bicyclic) bond motifs is 6. The van der Waals surface area contributed by atoms with Crippen molar-refractivity contribution in [3.8, 4) is 33.5 Å².